The van der Waals surface area contributed by atoms with Gasteiger partial charge in [0.15, 0.2) is 0 Å². The quantitative estimate of drug-likeness (QED) is 0.509. The molecular formula is C23H27N3O3S. The van der Waals surface area contributed by atoms with Gasteiger partial charge < -0.3 is 14.8 Å². The van der Waals surface area contributed by atoms with Crippen LogP contribution in [0.4, 0.5) is 5.69 Å². The molecule has 1 aromatic carbocycles. The number of carbonyl (C=O) groups excluding carboxylic acids is 1. The maximum atomic E-state index is 13.0. The van der Waals surface area contributed by atoms with Gasteiger partial charge in [0, 0.05) is 11.8 Å². The minimum atomic E-state index is -0.375. The maximum absolute atomic E-state index is 13.0. The van der Waals surface area contributed by atoms with Crippen LogP contribution in [0.15, 0.2) is 29.3 Å². The molecule has 1 aliphatic carbocycles. The van der Waals surface area contributed by atoms with Crippen molar-refractivity contribution in [3.63, 3.8) is 0 Å². The molecule has 2 aromatic rings. The van der Waals surface area contributed by atoms with E-state index in [4.69, 9.17) is 14.5 Å². The summed E-state index contributed by atoms with van der Waals surface area (Å²) in [5.41, 5.74) is 3.38. The predicted octanol–water partition coefficient (Wildman–Crippen LogP) is 4.75. The van der Waals surface area contributed by atoms with Crippen molar-refractivity contribution >= 4 is 23.4 Å². The Morgan fingerprint density at radius 3 is 2.73 bits per heavy atom. The minimum Gasteiger partial charge on any atom is -0.497 e. The number of benzene rings is 1. The van der Waals surface area contributed by atoms with Gasteiger partial charge in [-0.3, -0.25) is 4.79 Å². The zero-order valence-electron chi connectivity index (χ0n) is 17.7. The van der Waals surface area contributed by atoms with Crippen LogP contribution in [0.1, 0.15) is 49.4 Å². The second-order valence-corrected chi connectivity index (χ2v) is 8.38. The van der Waals surface area contributed by atoms with Crippen LogP contribution in [0.5, 0.6) is 11.5 Å². The van der Waals surface area contributed by atoms with E-state index in [1.165, 1.54) is 23.7 Å². The molecule has 1 aromatic heterocycles. The molecule has 30 heavy (non-hydrogen) atoms. The van der Waals surface area contributed by atoms with Crippen molar-refractivity contribution in [2.75, 3.05) is 19.5 Å². The number of rotatable bonds is 7. The Labute approximate surface area is 182 Å². The number of nitriles is 1. The molecule has 0 bridgehead atoms. The Morgan fingerprint density at radius 1 is 1.23 bits per heavy atom. The molecule has 3 rings (SSSR count). The zero-order valence-corrected chi connectivity index (χ0v) is 18.5. The van der Waals surface area contributed by atoms with Gasteiger partial charge in [-0.2, -0.15) is 5.26 Å². The standard InChI is InChI=1S/C23H27N3O3S/c1-4-21(22(27)25-19-11-10-17(28-2)13-20(19)29-3)30-23-16(14-24)12-15-8-6-5-7-9-18(15)26-23/h10-13,21H,4-9H2,1-3H3,(H,25,27). The first-order chi connectivity index (χ1) is 14.6. The number of fused-ring (bicyclic) bond motifs is 1. The van der Waals surface area contributed by atoms with Crippen molar-refractivity contribution in [2.24, 2.45) is 0 Å². The molecule has 0 saturated heterocycles. The highest BCUT2D eigenvalue weighted by molar-refractivity contribution is 8.00. The van der Waals surface area contributed by atoms with Crippen molar-refractivity contribution in [1.82, 2.24) is 4.98 Å². The summed E-state index contributed by atoms with van der Waals surface area (Å²) in [6.45, 7) is 1.96. The lowest BCUT2D eigenvalue weighted by Gasteiger charge is -2.18. The van der Waals surface area contributed by atoms with Crippen LogP contribution in [0.25, 0.3) is 0 Å². The molecule has 1 aliphatic rings. The fourth-order valence-electron chi connectivity index (χ4n) is 3.53. The third-order valence-corrected chi connectivity index (χ3v) is 6.59. The van der Waals surface area contributed by atoms with Gasteiger partial charge >= 0.3 is 0 Å². The summed E-state index contributed by atoms with van der Waals surface area (Å²) in [7, 11) is 3.13. The predicted molar refractivity (Wildman–Crippen MR) is 118 cm³/mol. The van der Waals surface area contributed by atoms with Crippen molar-refractivity contribution in [3.05, 3.63) is 41.1 Å². The normalized spacial score (nSPS) is 14.1. The van der Waals surface area contributed by atoms with Gasteiger partial charge in [0.2, 0.25) is 5.91 Å². The number of hydrogen-bond acceptors (Lipinski definition) is 6. The average Bonchev–Trinajstić information content (AvgIpc) is 3.01. The average molecular weight is 426 g/mol. The molecule has 1 heterocycles. The third kappa shape index (κ3) is 5.06. The van der Waals surface area contributed by atoms with Crippen LogP contribution in [0.3, 0.4) is 0 Å². The first-order valence-corrected chi connectivity index (χ1v) is 11.1. The number of aryl methyl sites for hydroxylation is 2. The molecule has 158 valence electrons. The van der Waals surface area contributed by atoms with Gasteiger partial charge in [0.05, 0.1) is 30.7 Å². The molecule has 0 aliphatic heterocycles. The number of hydrogen-bond donors (Lipinski definition) is 1. The molecule has 0 saturated carbocycles. The summed E-state index contributed by atoms with van der Waals surface area (Å²) in [6, 6.07) is 9.49. The SMILES string of the molecule is CCC(Sc1nc2c(cc1C#N)CCCCC2)C(=O)Nc1ccc(OC)cc1OC. The number of ether oxygens (including phenoxy) is 2. The van der Waals surface area contributed by atoms with E-state index in [0.29, 0.717) is 34.2 Å². The van der Waals surface area contributed by atoms with Crippen molar-refractivity contribution in [1.29, 1.82) is 5.26 Å². The summed E-state index contributed by atoms with van der Waals surface area (Å²) < 4.78 is 10.6. The molecule has 1 unspecified atom stereocenters. The van der Waals surface area contributed by atoms with Crippen LogP contribution in [0.2, 0.25) is 0 Å². The number of aromatic nitrogens is 1. The number of thioether (sulfide) groups is 1. The van der Waals surface area contributed by atoms with Crippen molar-refractivity contribution in [3.8, 4) is 17.6 Å². The molecule has 0 spiro atoms. The second-order valence-electron chi connectivity index (χ2n) is 7.19. The summed E-state index contributed by atoms with van der Waals surface area (Å²) in [4.78, 5) is 17.8. The summed E-state index contributed by atoms with van der Waals surface area (Å²) in [5, 5.41) is 12.8. The number of amides is 1. The highest BCUT2D eigenvalue weighted by atomic mass is 32.2. The smallest absolute Gasteiger partial charge is 0.238 e. The number of pyridine rings is 1. The molecule has 6 nitrogen and oxygen atoms in total. The fourth-order valence-corrected chi connectivity index (χ4v) is 4.53. The third-order valence-electron chi connectivity index (χ3n) is 5.22. The molecular weight excluding hydrogens is 398 g/mol. The van der Waals surface area contributed by atoms with Crippen LogP contribution in [0, 0.1) is 11.3 Å². The number of nitrogens with one attached hydrogen (secondary N) is 1. The van der Waals surface area contributed by atoms with E-state index in [1.54, 1.807) is 32.4 Å². The molecule has 1 N–H and O–H groups in total. The Hall–Kier alpha value is -2.72. The Kier molecular flexibility index (Phi) is 7.58. The van der Waals surface area contributed by atoms with Gasteiger partial charge in [0.25, 0.3) is 0 Å². The van der Waals surface area contributed by atoms with Crippen LogP contribution in [-0.4, -0.2) is 30.4 Å². The van der Waals surface area contributed by atoms with Crippen molar-refractivity contribution in [2.45, 2.75) is 55.7 Å². The minimum absolute atomic E-state index is 0.147. The van der Waals surface area contributed by atoms with Gasteiger partial charge in [-0.15, -0.1) is 0 Å². The maximum Gasteiger partial charge on any atom is 0.238 e. The van der Waals surface area contributed by atoms with Crippen LogP contribution >= 0.6 is 11.8 Å². The summed E-state index contributed by atoms with van der Waals surface area (Å²) >= 11 is 1.36. The molecule has 0 fully saturated rings. The van der Waals surface area contributed by atoms with Gasteiger partial charge in [-0.1, -0.05) is 25.1 Å². The monoisotopic (exact) mass is 425 g/mol. The van der Waals surface area contributed by atoms with E-state index in [-0.39, 0.29) is 11.2 Å². The molecule has 0 radical (unpaired) electrons. The lowest BCUT2D eigenvalue weighted by molar-refractivity contribution is -0.115. The van der Waals surface area contributed by atoms with Crippen LogP contribution < -0.4 is 14.8 Å². The van der Waals surface area contributed by atoms with Crippen molar-refractivity contribution < 1.29 is 14.3 Å². The van der Waals surface area contributed by atoms with E-state index in [0.717, 1.165) is 31.4 Å². The first kappa shape index (κ1) is 22.0. The molecule has 7 heteroatoms. The Morgan fingerprint density at radius 2 is 2.03 bits per heavy atom. The Bertz CT molecular complexity index is 955. The van der Waals surface area contributed by atoms with Crippen LogP contribution in [-0.2, 0) is 17.6 Å². The van der Waals surface area contributed by atoms with E-state index in [1.807, 2.05) is 13.0 Å². The largest absolute Gasteiger partial charge is 0.497 e. The fraction of sp³-hybridized carbons (Fsp3) is 0.435. The lowest BCUT2D eigenvalue weighted by atomic mass is 10.1. The second kappa shape index (κ2) is 10.4. The Balaban J connectivity index is 1.81. The molecule has 1 amide bonds. The summed E-state index contributed by atoms with van der Waals surface area (Å²) in [5.74, 6) is 1.04. The topological polar surface area (TPSA) is 84.2 Å². The van der Waals surface area contributed by atoms with Gasteiger partial charge in [-0.25, -0.2) is 4.98 Å². The van der Waals surface area contributed by atoms with E-state index < -0.39 is 0 Å². The highest BCUT2D eigenvalue weighted by Gasteiger charge is 2.23. The molecule has 1 atom stereocenters. The van der Waals surface area contributed by atoms with Gasteiger partial charge in [0.1, 0.15) is 22.6 Å². The zero-order chi connectivity index (χ0) is 21.5. The van der Waals surface area contributed by atoms with E-state index in [9.17, 15) is 10.1 Å². The first-order valence-electron chi connectivity index (χ1n) is 10.2. The number of methoxy groups -OCH3 is 2. The highest BCUT2D eigenvalue weighted by Crippen LogP contribution is 2.33. The van der Waals surface area contributed by atoms with Gasteiger partial charge in [-0.05, 0) is 55.9 Å². The lowest BCUT2D eigenvalue weighted by Crippen LogP contribution is -2.25. The van der Waals surface area contributed by atoms with E-state index >= 15 is 0 Å². The van der Waals surface area contributed by atoms with E-state index in [2.05, 4.69) is 11.4 Å². The summed E-state index contributed by atoms with van der Waals surface area (Å²) in [6.07, 6.45) is 5.95. The number of anilines is 1. The number of nitrogens with zero attached hydrogens (tertiary/aromatic N) is 2. The number of carbonyl (C=O) groups is 1.